The minimum absolute atomic E-state index is 0.367. The third kappa shape index (κ3) is 38.8. The van der Waals surface area contributed by atoms with Crippen LogP contribution in [0.3, 0.4) is 0 Å². The molecule has 0 aliphatic rings. The van der Waals surface area contributed by atoms with E-state index >= 15 is 0 Å². The Bertz CT molecular complexity index is 840. The molecule has 0 aliphatic carbocycles. The number of allylic oxidation sites excluding steroid dienone is 5. The largest absolute Gasteiger partial charge is 0.394 e. The highest BCUT2D eigenvalue weighted by atomic mass is 16.3. The van der Waals surface area contributed by atoms with Gasteiger partial charge in [0.15, 0.2) is 0 Å². The Hall–Kier alpha value is -1.43. The van der Waals surface area contributed by atoms with Crippen LogP contribution in [0.5, 0.6) is 0 Å². The van der Waals surface area contributed by atoms with E-state index < -0.39 is 24.2 Å². The van der Waals surface area contributed by atoms with Crippen LogP contribution in [0, 0.1) is 0 Å². The number of hydrogen-bond acceptors (Lipinski definition) is 4. The van der Waals surface area contributed by atoms with Crippen LogP contribution < -0.4 is 5.32 Å². The number of carbonyl (C=O) groups is 1. The minimum Gasteiger partial charge on any atom is -0.394 e. The molecule has 0 saturated heterocycles. The van der Waals surface area contributed by atoms with Crippen LogP contribution in [0.2, 0.25) is 0 Å². The van der Waals surface area contributed by atoms with Crippen molar-refractivity contribution in [1.82, 2.24) is 5.32 Å². The smallest absolute Gasteiger partial charge is 0.249 e. The molecule has 0 saturated carbocycles. The molecule has 0 radical (unpaired) electrons. The summed E-state index contributed by atoms with van der Waals surface area (Å²) in [5, 5.41) is 33.2. The number of nitrogens with one attached hydrogen (secondary N) is 1. The number of aliphatic hydroxyl groups excluding tert-OH is 3. The van der Waals surface area contributed by atoms with Crippen LogP contribution >= 0.6 is 0 Å². The molecule has 0 aromatic heterocycles. The van der Waals surface area contributed by atoms with E-state index in [9.17, 15) is 20.1 Å². The quantitative estimate of drug-likeness (QED) is 0.0368. The van der Waals surface area contributed by atoms with Gasteiger partial charge in [-0.2, -0.15) is 0 Å². The summed E-state index contributed by atoms with van der Waals surface area (Å²) < 4.78 is 0. The second kappa shape index (κ2) is 44.3. The van der Waals surface area contributed by atoms with Crippen molar-refractivity contribution in [2.45, 2.75) is 263 Å². The minimum atomic E-state index is -1.11. The topological polar surface area (TPSA) is 89.8 Å². The molecule has 0 fully saturated rings. The molecule has 0 rings (SSSR count). The van der Waals surface area contributed by atoms with E-state index in [-0.39, 0.29) is 6.61 Å². The Morgan fingerprint density at radius 2 is 0.796 bits per heavy atom. The predicted molar refractivity (Wildman–Crippen MR) is 236 cm³/mol. The van der Waals surface area contributed by atoms with Crippen LogP contribution in [0.25, 0.3) is 0 Å². The summed E-state index contributed by atoms with van der Waals surface area (Å²) in [5.41, 5.74) is 0. The summed E-state index contributed by atoms with van der Waals surface area (Å²) in [6, 6.07) is -0.802. The van der Waals surface area contributed by atoms with Crippen molar-refractivity contribution in [2.24, 2.45) is 0 Å². The number of aliphatic hydroxyl groups is 3. The Kier molecular flexibility index (Phi) is 43.1. The molecule has 54 heavy (non-hydrogen) atoms. The molecule has 318 valence electrons. The maximum absolute atomic E-state index is 12.5. The monoisotopic (exact) mass is 760 g/mol. The van der Waals surface area contributed by atoms with Gasteiger partial charge in [-0.05, 0) is 51.4 Å². The van der Waals surface area contributed by atoms with E-state index in [1.54, 1.807) is 6.08 Å². The second-order valence-electron chi connectivity index (χ2n) is 16.3. The third-order valence-corrected chi connectivity index (χ3v) is 11.0. The van der Waals surface area contributed by atoms with E-state index in [2.05, 4.69) is 43.5 Å². The molecule has 3 unspecified atom stereocenters. The third-order valence-electron chi connectivity index (χ3n) is 11.0. The summed E-state index contributed by atoms with van der Waals surface area (Å²) >= 11 is 0. The average molecular weight is 760 g/mol. The van der Waals surface area contributed by atoms with Crippen molar-refractivity contribution in [3.63, 3.8) is 0 Å². The van der Waals surface area contributed by atoms with Crippen molar-refractivity contribution in [3.8, 4) is 0 Å². The van der Waals surface area contributed by atoms with Gasteiger partial charge in [0.1, 0.15) is 6.10 Å². The van der Waals surface area contributed by atoms with Gasteiger partial charge >= 0.3 is 0 Å². The average Bonchev–Trinajstić information content (AvgIpc) is 3.18. The summed E-state index contributed by atoms with van der Waals surface area (Å²) in [4.78, 5) is 12.5. The molecule has 5 heteroatoms. The van der Waals surface area contributed by atoms with Gasteiger partial charge in [0.05, 0.1) is 18.8 Å². The number of hydrogen-bond donors (Lipinski definition) is 4. The van der Waals surface area contributed by atoms with Crippen molar-refractivity contribution in [3.05, 3.63) is 36.5 Å². The summed E-state index contributed by atoms with van der Waals surface area (Å²) in [6.45, 7) is 4.16. The SMILES string of the molecule is CCCCC/C=C\C/C=C\CCCCCCCCC(O)C(=O)NC(CO)C(O)/C=C/CCCCCCCCCCCCCCCCCCCCCCCC. The van der Waals surface area contributed by atoms with Crippen molar-refractivity contribution in [1.29, 1.82) is 0 Å². The van der Waals surface area contributed by atoms with Gasteiger partial charge in [-0.25, -0.2) is 0 Å². The molecule has 0 aromatic rings. The zero-order valence-corrected chi connectivity index (χ0v) is 36.1. The van der Waals surface area contributed by atoms with Gasteiger partial charge < -0.3 is 20.6 Å². The standard InChI is InChI=1S/C49H93NO4/c1-3-5-7-9-11-13-15-17-19-21-22-23-24-25-26-27-28-30-31-33-35-37-39-41-43-47(52)46(45-51)50-49(54)48(53)44-42-40-38-36-34-32-29-20-18-16-14-12-10-8-6-4-2/h12,14,18,20,41,43,46-48,51-53H,3-11,13,15-17,19,21-40,42,44-45H2,1-2H3,(H,50,54)/b14-12-,20-18-,43-41+. The molecule has 3 atom stereocenters. The van der Waals surface area contributed by atoms with Crippen LogP contribution in [0.4, 0.5) is 0 Å². The van der Waals surface area contributed by atoms with Gasteiger partial charge in [0.2, 0.25) is 5.91 Å². The molecule has 0 spiro atoms. The fourth-order valence-electron chi connectivity index (χ4n) is 7.22. The zero-order valence-electron chi connectivity index (χ0n) is 36.1. The van der Waals surface area contributed by atoms with E-state index in [4.69, 9.17) is 0 Å². The van der Waals surface area contributed by atoms with Crippen LogP contribution in [0.15, 0.2) is 36.5 Å². The van der Waals surface area contributed by atoms with E-state index in [1.807, 2.05) is 6.08 Å². The number of rotatable bonds is 43. The number of carbonyl (C=O) groups excluding carboxylic acids is 1. The zero-order chi connectivity index (χ0) is 39.4. The summed E-state index contributed by atoms with van der Waals surface area (Å²) in [6.07, 6.45) is 56.1. The van der Waals surface area contributed by atoms with E-state index in [1.165, 1.54) is 180 Å². The van der Waals surface area contributed by atoms with Crippen LogP contribution in [-0.2, 0) is 4.79 Å². The maximum atomic E-state index is 12.5. The number of unbranched alkanes of at least 4 members (excludes halogenated alkanes) is 31. The lowest BCUT2D eigenvalue weighted by atomic mass is 10.0. The highest BCUT2D eigenvalue weighted by Gasteiger charge is 2.22. The Morgan fingerprint density at radius 1 is 0.463 bits per heavy atom. The van der Waals surface area contributed by atoms with Gasteiger partial charge in [-0.1, -0.05) is 230 Å². The lowest BCUT2D eigenvalue weighted by Gasteiger charge is -2.21. The van der Waals surface area contributed by atoms with Crippen LogP contribution in [0.1, 0.15) is 245 Å². The van der Waals surface area contributed by atoms with Crippen molar-refractivity contribution in [2.75, 3.05) is 6.61 Å². The normalized spacial score (nSPS) is 13.8. The first-order valence-electron chi connectivity index (χ1n) is 23.8. The second-order valence-corrected chi connectivity index (χ2v) is 16.3. The predicted octanol–water partition coefficient (Wildman–Crippen LogP) is 13.9. The lowest BCUT2D eigenvalue weighted by Crippen LogP contribution is -2.48. The fraction of sp³-hybridized carbons (Fsp3) is 0.857. The summed E-state index contributed by atoms with van der Waals surface area (Å²) in [7, 11) is 0. The van der Waals surface area contributed by atoms with Crippen molar-refractivity contribution >= 4 is 5.91 Å². The van der Waals surface area contributed by atoms with E-state index in [0.717, 1.165) is 44.9 Å². The maximum Gasteiger partial charge on any atom is 0.249 e. The first-order valence-corrected chi connectivity index (χ1v) is 23.8. The van der Waals surface area contributed by atoms with Crippen molar-refractivity contribution < 1.29 is 20.1 Å². The summed E-state index contributed by atoms with van der Waals surface area (Å²) in [5.74, 6) is -0.510. The molecule has 1 amide bonds. The Balaban J connectivity index is 3.63. The van der Waals surface area contributed by atoms with Gasteiger partial charge in [0.25, 0.3) is 0 Å². The molecule has 0 heterocycles. The molecule has 0 aliphatic heterocycles. The molecule has 5 nitrogen and oxygen atoms in total. The fourth-order valence-corrected chi connectivity index (χ4v) is 7.22. The first kappa shape index (κ1) is 52.6. The lowest BCUT2D eigenvalue weighted by molar-refractivity contribution is -0.131. The first-order chi connectivity index (χ1) is 26.6. The molecular weight excluding hydrogens is 667 g/mol. The molecule has 0 aromatic carbocycles. The Morgan fingerprint density at radius 3 is 1.20 bits per heavy atom. The van der Waals surface area contributed by atoms with Crippen LogP contribution in [-0.4, -0.2) is 46.1 Å². The highest BCUT2D eigenvalue weighted by molar-refractivity contribution is 5.80. The number of amides is 1. The van der Waals surface area contributed by atoms with Gasteiger partial charge in [-0.3, -0.25) is 4.79 Å². The Labute approximate surface area is 336 Å². The van der Waals surface area contributed by atoms with E-state index in [0.29, 0.717) is 6.42 Å². The highest BCUT2D eigenvalue weighted by Crippen LogP contribution is 2.16. The van der Waals surface area contributed by atoms with Gasteiger partial charge in [-0.15, -0.1) is 0 Å². The molecular formula is C49H93NO4. The molecule has 4 N–H and O–H groups in total. The van der Waals surface area contributed by atoms with Gasteiger partial charge in [0, 0.05) is 0 Å². The molecule has 0 bridgehead atoms.